The number of nitrogens with zero attached hydrogens (tertiary/aromatic N) is 2. The van der Waals surface area contributed by atoms with Crippen LogP contribution in [0, 0.1) is 0 Å². The molecule has 1 fully saturated rings. The number of benzene rings is 2. The van der Waals surface area contributed by atoms with Crippen molar-refractivity contribution >= 4 is 66.8 Å². The van der Waals surface area contributed by atoms with Crippen LogP contribution in [0.1, 0.15) is 28.1 Å². The van der Waals surface area contributed by atoms with E-state index in [-0.39, 0.29) is 37.0 Å². The van der Waals surface area contributed by atoms with Gasteiger partial charge in [0.05, 0.1) is 26.3 Å². The van der Waals surface area contributed by atoms with E-state index in [9.17, 15) is 13.2 Å². The van der Waals surface area contributed by atoms with Crippen molar-refractivity contribution in [1.82, 2.24) is 9.88 Å². The summed E-state index contributed by atoms with van der Waals surface area (Å²) in [5.41, 5.74) is 6.76. The van der Waals surface area contributed by atoms with E-state index >= 15 is 0 Å². The van der Waals surface area contributed by atoms with Crippen molar-refractivity contribution in [2.75, 3.05) is 36.4 Å². The second-order valence-electron chi connectivity index (χ2n) is 7.68. The van der Waals surface area contributed by atoms with E-state index in [1.807, 2.05) is 0 Å². The molecule has 1 aliphatic rings. The van der Waals surface area contributed by atoms with Crippen LogP contribution in [0.5, 0.6) is 0 Å². The van der Waals surface area contributed by atoms with Crippen LogP contribution in [0.2, 0.25) is 10.0 Å². The Morgan fingerprint density at radius 3 is 2.36 bits per heavy atom. The van der Waals surface area contributed by atoms with Gasteiger partial charge in [-0.3, -0.25) is 4.79 Å². The minimum absolute atomic E-state index is 0.0598. The molecule has 2 aromatic carbocycles. The van der Waals surface area contributed by atoms with Gasteiger partial charge >= 0.3 is 0 Å². The summed E-state index contributed by atoms with van der Waals surface area (Å²) in [6.07, 6.45) is 2.25. The molecular formula is C22H22Cl2N4O3S2. The molecule has 4 rings (SSSR count). The van der Waals surface area contributed by atoms with E-state index in [4.69, 9.17) is 28.9 Å². The number of nitrogens with two attached hydrogens (primary N) is 1. The van der Waals surface area contributed by atoms with Gasteiger partial charge < -0.3 is 16.0 Å². The predicted octanol–water partition coefficient (Wildman–Crippen LogP) is 4.88. The van der Waals surface area contributed by atoms with Gasteiger partial charge in [0.15, 0.2) is 15.0 Å². The number of carbonyl (C=O) groups excluding carboxylic acids is 1. The number of aromatic nitrogens is 1. The minimum Gasteiger partial charge on any atom is -0.382 e. The first-order valence-electron chi connectivity index (χ1n) is 10.3. The molecule has 174 valence electrons. The van der Waals surface area contributed by atoms with E-state index in [1.165, 1.54) is 0 Å². The molecule has 1 aliphatic heterocycles. The number of nitrogens with one attached hydrogen (secondary N) is 1. The Hall–Kier alpha value is -2.17. The van der Waals surface area contributed by atoms with Crippen LogP contribution in [0.3, 0.4) is 0 Å². The van der Waals surface area contributed by atoms with E-state index in [0.29, 0.717) is 17.4 Å². The summed E-state index contributed by atoms with van der Waals surface area (Å²) < 4.78 is 25.3. The van der Waals surface area contributed by atoms with Crippen LogP contribution in [-0.2, 0) is 9.84 Å². The molecule has 2 heterocycles. The Kier molecular flexibility index (Phi) is 7.25. The van der Waals surface area contributed by atoms with Crippen LogP contribution in [0.4, 0.5) is 16.6 Å². The Balaban J connectivity index is 1.46. The summed E-state index contributed by atoms with van der Waals surface area (Å²) in [7, 11) is -3.36. The van der Waals surface area contributed by atoms with Gasteiger partial charge in [-0.25, -0.2) is 13.4 Å². The number of nitrogen functional groups attached to an aromatic ring is 1. The highest BCUT2D eigenvalue weighted by Crippen LogP contribution is 2.34. The summed E-state index contributed by atoms with van der Waals surface area (Å²) in [6, 6.07) is 11.3. The zero-order valence-corrected chi connectivity index (χ0v) is 20.7. The first-order chi connectivity index (χ1) is 15.7. The molecular weight excluding hydrogens is 503 g/mol. The molecule has 3 N–H and O–H groups in total. The first kappa shape index (κ1) is 24.0. The average Bonchev–Trinajstić information content (AvgIpc) is 3.42. The Labute approximate surface area is 206 Å². The van der Waals surface area contributed by atoms with Crippen LogP contribution >= 0.6 is 34.5 Å². The number of ketones is 1. The van der Waals surface area contributed by atoms with Crippen molar-refractivity contribution in [3.05, 3.63) is 63.0 Å². The second kappa shape index (κ2) is 9.99. The summed E-state index contributed by atoms with van der Waals surface area (Å²) in [5.74, 6) is -0.253. The number of halogens is 2. The highest BCUT2D eigenvalue weighted by atomic mass is 35.5. The van der Waals surface area contributed by atoms with Crippen LogP contribution in [0.15, 0.2) is 47.4 Å². The normalized spacial score (nSPS) is 14.5. The molecule has 0 saturated carbocycles. The van der Waals surface area contributed by atoms with Crippen molar-refractivity contribution in [3.63, 3.8) is 0 Å². The molecule has 7 nitrogen and oxygen atoms in total. The number of anilines is 3. The lowest BCUT2D eigenvalue weighted by Gasteiger charge is -2.14. The lowest BCUT2D eigenvalue weighted by atomic mass is 10.1. The monoisotopic (exact) mass is 524 g/mol. The molecule has 0 aliphatic carbocycles. The quantitative estimate of drug-likeness (QED) is 0.404. The maximum atomic E-state index is 12.9. The number of hydrogen-bond donors (Lipinski definition) is 2. The van der Waals surface area contributed by atoms with Crippen molar-refractivity contribution in [1.29, 1.82) is 0 Å². The third-order valence-corrected chi connectivity index (χ3v) is 8.71. The summed E-state index contributed by atoms with van der Waals surface area (Å²) in [5, 5.41) is 3.92. The SMILES string of the molecule is Nc1nc(Nc2ccc(S(=O)(=O)CCN3CCCC3)cc2)sc1C(=O)c1c(Cl)cccc1Cl. The van der Waals surface area contributed by atoms with Crippen molar-refractivity contribution in [2.45, 2.75) is 17.7 Å². The topological polar surface area (TPSA) is 105 Å². The van der Waals surface area contributed by atoms with E-state index in [1.54, 1.807) is 42.5 Å². The van der Waals surface area contributed by atoms with E-state index < -0.39 is 15.6 Å². The fraction of sp³-hybridized carbons (Fsp3) is 0.273. The number of likely N-dealkylation sites (tertiary alicyclic amines) is 1. The predicted molar refractivity (Wildman–Crippen MR) is 134 cm³/mol. The lowest BCUT2D eigenvalue weighted by Crippen LogP contribution is -2.26. The number of thiazole rings is 1. The molecule has 0 unspecified atom stereocenters. The molecule has 1 aromatic heterocycles. The third kappa shape index (κ3) is 5.50. The molecule has 0 bridgehead atoms. The number of sulfone groups is 1. The lowest BCUT2D eigenvalue weighted by molar-refractivity contribution is 0.104. The Bertz CT molecular complexity index is 1250. The van der Waals surface area contributed by atoms with Crippen LogP contribution in [-0.4, -0.2) is 49.5 Å². The van der Waals surface area contributed by atoms with Gasteiger partial charge in [-0.15, -0.1) is 0 Å². The Morgan fingerprint density at radius 2 is 1.73 bits per heavy atom. The maximum Gasteiger partial charge on any atom is 0.209 e. The number of hydrogen-bond acceptors (Lipinski definition) is 8. The van der Waals surface area contributed by atoms with Gasteiger partial charge in [0.2, 0.25) is 5.78 Å². The molecule has 33 heavy (non-hydrogen) atoms. The first-order valence-corrected chi connectivity index (χ1v) is 13.5. The highest BCUT2D eigenvalue weighted by Gasteiger charge is 2.23. The standard InChI is InChI=1S/C22H22Cl2N4O3S2/c23-16-4-3-5-17(24)18(16)19(29)20-21(25)27-22(32-20)26-14-6-8-15(9-7-14)33(30,31)13-12-28-10-1-2-11-28/h3-9H,1-2,10-13,25H2,(H,26,27). The molecule has 0 spiro atoms. The van der Waals surface area contributed by atoms with Gasteiger partial charge in [-0.05, 0) is 62.3 Å². The van der Waals surface area contributed by atoms with Crippen molar-refractivity contribution < 1.29 is 13.2 Å². The minimum atomic E-state index is -3.36. The summed E-state index contributed by atoms with van der Waals surface area (Å²) in [4.78, 5) is 19.8. The summed E-state index contributed by atoms with van der Waals surface area (Å²) in [6.45, 7) is 2.47. The molecule has 0 atom stereocenters. The third-order valence-electron chi connectivity index (χ3n) is 5.39. The van der Waals surface area contributed by atoms with Gasteiger partial charge in [0.1, 0.15) is 10.7 Å². The van der Waals surface area contributed by atoms with Gasteiger partial charge in [-0.1, -0.05) is 40.6 Å². The zero-order valence-electron chi connectivity index (χ0n) is 17.6. The largest absolute Gasteiger partial charge is 0.382 e. The van der Waals surface area contributed by atoms with Crippen LogP contribution in [0.25, 0.3) is 0 Å². The van der Waals surface area contributed by atoms with E-state index in [2.05, 4.69) is 15.2 Å². The summed E-state index contributed by atoms with van der Waals surface area (Å²) >= 11 is 13.4. The van der Waals surface area contributed by atoms with Gasteiger partial charge in [0, 0.05) is 12.2 Å². The molecule has 0 radical (unpaired) electrons. The maximum absolute atomic E-state index is 12.9. The fourth-order valence-electron chi connectivity index (χ4n) is 3.62. The zero-order chi connectivity index (χ0) is 23.6. The number of carbonyl (C=O) groups is 1. The fourth-order valence-corrected chi connectivity index (χ4v) is 6.32. The second-order valence-corrected chi connectivity index (χ2v) is 11.6. The average molecular weight is 525 g/mol. The van der Waals surface area contributed by atoms with Crippen molar-refractivity contribution in [2.24, 2.45) is 0 Å². The molecule has 0 amide bonds. The Morgan fingerprint density at radius 1 is 1.09 bits per heavy atom. The molecule has 1 saturated heterocycles. The molecule has 11 heteroatoms. The van der Waals surface area contributed by atoms with Crippen LogP contribution < -0.4 is 11.1 Å². The van der Waals surface area contributed by atoms with E-state index in [0.717, 1.165) is 37.3 Å². The van der Waals surface area contributed by atoms with Crippen molar-refractivity contribution in [3.8, 4) is 0 Å². The van der Waals surface area contributed by atoms with Gasteiger partial charge in [0.25, 0.3) is 0 Å². The molecule has 3 aromatic rings. The number of rotatable bonds is 8. The van der Waals surface area contributed by atoms with Gasteiger partial charge in [-0.2, -0.15) is 0 Å². The smallest absolute Gasteiger partial charge is 0.209 e. The highest BCUT2D eigenvalue weighted by molar-refractivity contribution is 7.91.